The first-order chi connectivity index (χ1) is 9.42. The van der Waals surface area contributed by atoms with Crippen LogP contribution in [0.15, 0.2) is 0 Å². The lowest BCUT2D eigenvalue weighted by Crippen LogP contribution is -2.45. The standard InChI is InChI=1S/C15H28N4O/c1-11(2)10-15(3)13(20)19(14(16)18-15)9-6-12-4-7-17-8-5-12/h11-12,17H,4-10H2,1-3H3,(H2,16,18). The minimum atomic E-state index is -0.584. The van der Waals surface area contributed by atoms with E-state index in [2.05, 4.69) is 24.5 Å². The second-order valence-electron chi connectivity index (χ2n) is 6.84. The van der Waals surface area contributed by atoms with Gasteiger partial charge in [-0.2, -0.15) is 0 Å². The van der Waals surface area contributed by atoms with E-state index in [0.29, 0.717) is 18.4 Å². The van der Waals surface area contributed by atoms with Crippen molar-refractivity contribution in [2.75, 3.05) is 19.6 Å². The van der Waals surface area contributed by atoms with Gasteiger partial charge in [0.25, 0.3) is 5.91 Å². The van der Waals surface area contributed by atoms with Crippen LogP contribution < -0.4 is 10.6 Å². The second kappa shape index (κ2) is 6.12. The van der Waals surface area contributed by atoms with Gasteiger partial charge < -0.3 is 10.6 Å². The molecular formula is C15H28N4O. The topological polar surface area (TPSA) is 68.2 Å². The molecule has 0 bridgehead atoms. The van der Waals surface area contributed by atoms with Gasteiger partial charge in [0.15, 0.2) is 5.96 Å². The maximum absolute atomic E-state index is 12.6. The second-order valence-corrected chi connectivity index (χ2v) is 6.84. The minimum Gasteiger partial charge on any atom is -0.342 e. The lowest BCUT2D eigenvalue weighted by Gasteiger charge is -2.26. The zero-order valence-electron chi connectivity index (χ0n) is 13.0. The van der Waals surface area contributed by atoms with E-state index >= 15 is 0 Å². The van der Waals surface area contributed by atoms with Gasteiger partial charge in [-0.1, -0.05) is 13.8 Å². The highest BCUT2D eigenvalue weighted by molar-refractivity contribution is 6.07. The highest BCUT2D eigenvalue weighted by Gasteiger charge is 2.45. The SMILES string of the molecule is CC(C)CC1(C)NC(=N)N(CCC2CCNCC2)C1=O. The Balaban J connectivity index is 1.91. The van der Waals surface area contributed by atoms with Crippen LogP contribution >= 0.6 is 0 Å². The van der Waals surface area contributed by atoms with Gasteiger partial charge >= 0.3 is 0 Å². The van der Waals surface area contributed by atoms with Crippen molar-refractivity contribution in [1.29, 1.82) is 5.41 Å². The summed E-state index contributed by atoms with van der Waals surface area (Å²) < 4.78 is 0. The lowest BCUT2D eigenvalue weighted by atomic mass is 9.90. The highest BCUT2D eigenvalue weighted by Crippen LogP contribution is 2.26. The molecule has 0 aromatic heterocycles. The number of amides is 1. The normalized spacial score (nSPS) is 28.3. The number of guanidine groups is 1. The molecule has 20 heavy (non-hydrogen) atoms. The van der Waals surface area contributed by atoms with Gasteiger partial charge in [0, 0.05) is 6.54 Å². The van der Waals surface area contributed by atoms with Gasteiger partial charge in [-0.3, -0.25) is 15.1 Å². The summed E-state index contributed by atoms with van der Waals surface area (Å²) in [6.45, 7) is 9.00. The first kappa shape index (κ1) is 15.3. The Bertz CT molecular complexity index is 376. The Labute approximate surface area is 122 Å². The first-order valence-electron chi connectivity index (χ1n) is 7.82. The van der Waals surface area contributed by atoms with Gasteiger partial charge in [0.1, 0.15) is 5.54 Å². The van der Waals surface area contributed by atoms with E-state index in [1.165, 1.54) is 12.8 Å². The van der Waals surface area contributed by atoms with Crippen LogP contribution in [0.2, 0.25) is 0 Å². The molecule has 2 heterocycles. The molecule has 2 fully saturated rings. The number of hydrogen-bond donors (Lipinski definition) is 3. The summed E-state index contributed by atoms with van der Waals surface area (Å²) in [7, 11) is 0. The molecule has 3 N–H and O–H groups in total. The average molecular weight is 280 g/mol. The molecule has 0 aromatic carbocycles. The minimum absolute atomic E-state index is 0.0742. The monoisotopic (exact) mass is 280 g/mol. The van der Waals surface area contributed by atoms with E-state index < -0.39 is 5.54 Å². The van der Waals surface area contributed by atoms with Gasteiger partial charge in [0.2, 0.25) is 0 Å². The molecule has 0 radical (unpaired) electrons. The van der Waals surface area contributed by atoms with E-state index in [1.54, 1.807) is 4.90 Å². The summed E-state index contributed by atoms with van der Waals surface area (Å²) in [5.74, 6) is 1.49. The number of carbonyl (C=O) groups excluding carboxylic acids is 1. The number of piperidine rings is 1. The van der Waals surface area contributed by atoms with E-state index in [1.807, 2.05) is 6.92 Å². The Kier molecular flexibility index (Phi) is 4.68. The molecule has 1 unspecified atom stereocenters. The zero-order valence-corrected chi connectivity index (χ0v) is 13.0. The first-order valence-corrected chi connectivity index (χ1v) is 7.82. The fourth-order valence-electron chi connectivity index (χ4n) is 3.43. The number of nitrogens with zero attached hydrogens (tertiary/aromatic N) is 1. The van der Waals surface area contributed by atoms with Gasteiger partial charge in [-0.15, -0.1) is 0 Å². The third-order valence-corrected chi connectivity index (χ3v) is 4.42. The van der Waals surface area contributed by atoms with E-state index in [0.717, 1.165) is 25.9 Å². The molecule has 1 atom stereocenters. The Morgan fingerprint density at radius 2 is 2.05 bits per heavy atom. The Hall–Kier alpha value is -1.10. The van der Waals surface area contributed by atoms with E-state index in [9.17, 15) is 4.79 Å². The van der Waals surface area contributed by atoms with Crippen LogP contribution in [0.3, 0.4) is 0 Å². The zero-order chi connectivity index (χ0) is 14.8. The molecule has 5 heteroatoms. The highest BCUT2D eigenvalue weighted by atomic mass is 16.2. The van der Waals surface area contributed by atoms with Crippen molar-refractivity contribution in [3.8, 4) is 0 Å². The maximum Gasteiger partial charge on any atom is 0.254 e. The molecule has 0 saturated carbocycles. The van der Waals surface area contributed by atoms with Crippen molar-refractivity contribution >= 4 is 11.9 Å². The van der Waals surface area contributed by atoms with Gasteiger partial charge in [0.05, 0.1) is 0 Å². The van der Waals surface area contributed by atoms with Crippen LogP contribution in [-0.4, -0.2) is 41.9 Å². The molecular weight excluding hydrogens is 252 g/mol. The Morgan fingerprint density at radius 1 is 1.40 bits per heavy atom. The number of carbonyl (C=O) groups is 1. The fourth-order valence-corrected chi connectivity index (χ4v) is 3.43. The Morgan fingerprint density at radius 3 is 2.65 bits per heavy atom. The number of rotatable bonds is 5. The average Bonchev–Trinajstić information content (AvgIpc) is 2.58. The summed E-state index contributed by atoms with van der Waals surface area (Å²) in [5.41, 5.74) is -0.584. The molecule has 2 aliphatic heterocycles. The third-order valence-electron chi connectivity index (χ3n) is 4.42. The van der Waals surface area contributed by atoms with Crippen molar-refractivity contribution in [1.82, 2.24) is 15.5 Å². The fraction of sp³-hybridized carbons (Fsp3) is 0.867. The largest absolute Gasteiger partial charge is 0.342 e. The summed E-state index contributed by atoms with van der Waals surface area (Å²) in [5, 5.41) is 14.5. The lowest BCUT2D eigenvalue weighted by molar-refractivity contribution is -0.131. The molecule has 2 saturated heterocycles. The summed E-state index contributed by atoms with van der Waals surface area (Å²) >= 11 is 0. The molecule has 0 spiro atoms. The van der Waals surface area contributed by atoms with Crippen molar-refractivity contribution < 1.29 is 4.79 Å². The smallest absolute Gasteiger partial charge is 0.254 e. The molecule has 2 rings (SSSR count). The van der Waals surface area contributed by atoms with Crippen LogP contribution in [0.25, 0.3) is 0 Å². The molecule has 1 amide bonds. The van der Waals surface area contributed by atoms with E-state index in [-0.39, 0.29) is 11.9 Å². The van der Waals surface area contributed by atoms with Gasteiger partial charge in [-0.25, -0.2) is 0 Å². The van der Waals surface area contributed by atoms with Crippen molar-refractivity contribution in [3.63, 3.8) is 0 Å². The van der Waals surface area contributed by atoms with Crippen molar-refractivity contribution in [2.24, 2.45) is 11.8 Å². The van der Waals surface area contributed by atoms with Crippen molar-refractivity contribution in [3.05, 3.63) is 0 Å². The van der Waals surface area contributed by atoms with Crippen LogP contribution in [-0.2, 0) is 4.79 Å². The summed E-state index contributed by atoms with van der Waals surface area (Å²) in [4.78, 5) is 14.2. The quantitative estimate of drug-likeness (QED) is 0.715. The van der Waals surface area contributed by atoms with Crippen LogP contribution in [0.5, 0.6) is 0 Å². The third kappa shape index (κ3) is 3.32. The number of hydrogen-bond acceptors (Lipinski definition) is 3. The number of nitrogens with one attached hydrogen (secondary N) is 3. The molecule has 0 aliphatic carbocycles. The predicted octanol–water partition coefficient (Wildman–Crippen LogP) is 1.55. The van der Waals surface area contributed by atoms with Crippen LogP contribution in [0, 0.1) is 17.2 Å². The predicted molar refractivity (Wildman–Crippen MR) is 80.6 cm³/mol. The van der Waals surface area contributed by atoms with Gasteiger partial charge in [-0.05, 0) is 57.5 Å². The molecule has 0 aromatic rings. The maximum atomic E-state index is 12.6. The van der Waals surface area contributed by atoms with E-state index in [4.69, 9.17) is 5.41 Å². The van der Waals surface area contributed by atoms with Crippen LogP contribution in [0.4, 0.5) is 0 Å². The molecule has 5 nitrogen and oxygen atoms in total. The van der Waals surface area contributed by atoms with Crippen LogP contribution in [0.1, 0.15) is 46.5 Å². The summed E-state index contributed by atoms with van der Waals surface area (Å²) in [6.07, 6.45) is 4.16. The molecule has 114 valence electrons. The van der Waals surface area contributed by atoms with Crippen molar-refractivity contribution in [2.45, 2.75) is 52.0 Å². The molecule has 2 aliphatic rings. The summed E-state index contributed by atoms with van der Waals surface area (Å²) in [6, 6.07) is 0.